The summed E-state index contributed by atoms with van der Waals surface area (Å²) in [7, 11) is 1.57. The van der Waals surface area contributed by atoms with Gasteiger partial charge in [-0.05, 0) is 18.1 Å². The lowest BCUT2D eigenvalue weighted by atomic mass is 10.1. The third kappa shape index (κ3) is 3.34. The van der Waals surface area contributed by atoms with Crippen molar-refractivity contribution < 1.29 is 13.9 Å². The third-order valence-corrected chi connectivity index (χ3v) is 2.60. The number of ether oxygens (including phenoxy) is 1. The molecule has 6 heteroatoms. The van der Waals surface area contributed by atoms with E-state index in [0.29, 0.717) is 23.6 Å². The van der Waals surface area contributed by atoms with E-state index in [1.54, 1.807) is 13.2 Å². The van der Waals surface area contributed by atoms with E-state index < -0.39 is 0 Å². The summed E-state index contributed by atoms with van der Waals surface area (Å²) < 4.78 is 10.7. The van der Waals surface area contributed by atoms with E-state index in [1.165, 1.54) is 0 Å². The Morgan fingerprint density at radius 3 is 2.80 bits per heavy atom. The molecule has 0 saturated heterocycles. The van der Waals surface area contributed by atoms with E-state index in [9.17, 15) is 4.79 Å². The molecule has 0 unspecified atom stereocenters. The van der Waals surface area contributed by atoms with Crippen molar-refractivity contribution in [1.29, 1.82) is 0 Å². The zero-order chi connectivity index (χ0) is 14.5. The summed E-state index contributed by atoms with van der Waals surface area (Å²) in [6.45, 7) is 3.93. The number of nitrogens with one attached hydrogen (secondary N) is 1. The largest absolute Gasteiger partial charge is 0.496 e. The third-order valence-electron chi connectivity index (χ3n) is 2.60. The second-order valence-corrected chi connectivity index (χ2v) is 4.76. The molecule has 1 amide bonds. The second-order valence-electron chi connectivity index (χ2n) is 4.76. The number of hydrogen-bond donors (Lipinski definition) is 1. The molecule has 0 bridgehead atoms. The minimum Gasteiger partial charge on any atom is -0.496 e. The zero-order valence-electron chi connectivity index (χ0n) is 11.7. The first-order chi connectivity index (χ1) is 9.60. The highest BCUT2D eigenvalue weighted by Gasteiger charge is 2.14. The number of benzene rings is 1. The van der Waals surface area contributed by atoms with Gasteiger partial charge in [-0.1, -0.05) is 31.1 Å². The number of carbonyl (C=O) groups excluding carboxylic acids is 1. The fraction of sp³-hybridized carbons (Fsp3) is 0.357. The Hall–Kier alpha value is -2.37. The van der Waals surface area contributed by atoms with Crippen molar-refractivity contribution in [2.24, 2.45) is 5.92 Å². The molecule has 0 aliphatic carbocycles. The first-order valence-corrected chi connectivity index (χ1v) is 6.37. The van der Waals surface area contributed by atoms with Crippen LogP contribution in [-0.4, -0.2) is 23.2 Å². The Balaban J connectivity index is 2.15. The van der Waals surface area contributed by atoms with Gasteiger partial charge in [-0.25, -0.2) is 0 Å². The van der Waals surface area contributed by atoms with Crippen molar-refractivity contribution in [2.45, 2.75) is 20.3 Å². The van der Waals surface area contributed by atoms with Gasteiger partial charge in [0, 0.05) is 6.42 Å². The average Bonchev–Trinajstić information content (AvgIpc) is 2.85. The Labute approximate surface area is 117 Å². The average molecular weight is 275 g/mol. The Bertz CT molecular complexity index is 593. The van der Waals surface area contributed by atoms with Gasteiger partial charge < -0.3 is 9.15 Å². The van der Waals surface area contributed by atoms with Crippen LogP contribution in [0, 0.1) is 5.92 Å². The molecule has 0 radical (unpaired) electrons. The van der Waals surface area contributed by atoms with Gasteiger partial charge in [0.25, 0.3) is 5.89 Å². The predicted octanol–water partition coefficient (Wildman–Crippen LogP) is 2.73. The van der Waals surface area contributed by atoms with Gasteiger partial charge in [-0.15, -0.1) is 5.10 Å². The maximum absolute atomic E-state index is 11.6. The molecular formula is C14H17N3O3. The molecule has 0 fully saturated rings. The monoisotopic (exact) mass is 275 g/mol. The van der Waals surface area contributed by atoms with E-state index in [1.807, 2.05) is 32.0 Å². The number of aromatic nitrogens is 2. The maximum atomic E-state index is 11.6. The quantitative estimate of drug-likeness (QED) is 0.907. The van der Waals surface area contributed by atoms with Crippen LogP contribution in [0.5, 0.6) is 5.75 Å². The van der Waals surface area contributed by atoms with E-state index in [0.717, 1.165) is 0 Å². The van der Waals surface area contributed by atoms with Gasteiger partial charge in [0.1, 0.15) is 5.75 Å². The summed E-state index contributed by atoms with van der Waals surface area (Å²) in [5, 5.41) is 10.3. The molecule has 1 heterocycles. The molecule has 6 nitrogen and oxygen atoms in total. The van der Waals surface area contributed by atoms with E-state index in [-0.39, 0.29) is 17.8 Å². The number of anilines is 1. The van der Waals surface area contributed by atoms with E-state index >= 15 is 0 Å². The molecule has 0 aliphatic heterocycles. The Morgan fingerprint density at radius 2 is 2.10 bits per heavy atom. The smallest absolute Gasteiger partial charge is 0.322 e. The van der Waals surface area contributed by atoms with Crippen molar-refractivity contribution in [1.82, 2.24) is 10.2 Å². The van der Waals surface area contributed by atoms with Gasteiger partial charge in [-0.2, -0.15) is 0 Å². The predicted molar refractivity (Wildman–Crippen MR) is 74.4 cm³/mol. The molecule has 1 aromatic heterocycles. The second kappa shape index (κ2) is 6.18. The Kier molecular flexibility index (Phi) is 4.34. The highest BCUT2D eigenvalue weighted by atomic mass is 16.5. The van der Waals surface area contributed by atoms with Crippen LogP contribution in [0.4, 0.5) is 6.01 Å². The van der Waals surface area contributed by atoms with Crippen molar-refractivity contribution in [3.63, 3.8) is 0 Å². The molecule has 106 valence electrons. The lowest BCUT2D eigenvalue weighted by molar-refractivity contribution is -0.117. The van der Waals surface area contributed by atoms with Crippen molar-refractivity contribution in [2.75, 3.05) is 12.4 Å². The van der Waals surface area contributed by atoms with Crippen LogP contribution in [0.15, 0.2) is 28.7 Å². The van der Waals surface area contributed by atoms with E-state index in [4.69, 9.17) is 9.15 Å². The van der Waals surface area contributed by atoms with Crippen LogP contribution in [-0.2, 0) is 4.79 Å². The van der Waals surface area contributed by atoms with Gasteiger partial charge >= 0.3 is 6.01 Å². The molecule has 1 aromatic carbocycles. The van der Waals surface area contributed by atoms with Crippen molar-refractivity contribution >= 4 is 11.9 Å². The SMILES string of the molecule is COc1ccccc1-c1nnc(NC(=O)CC(C)C)o1. The number of amides is 1. The van der Waals surface area contributed by atoms with Crippen LogP contribution in [0.25, 0.3) is 11.5 Å². The highest BCUT2D eigenvalue weighted by Crippen LogP contribution is 2.29. The number of methoxy groups -OCH3 is 1. The van der Waals surface area contributed by atoms with Crippen LogP contribution in [0.2, 0.25) is 0 Å². The van der Waals surface area contributed by atoms with Crippen molar-refractivity contribution in [3.8, 4) is 17.2 Å². The topological polar surface area (TPSA) is 77.3 Å². The number of carbonyl (C=O) groups is 1. The van der Waals surface area contributed by atoms with Gasteiger partial charge in [-0.3, -0.25) is 10.1 Å². The van der Waals surface area contributed by atoms with Gasteiger partial charge in [0.05, 0.1) is 12.7 Å². The van der Waals surface area contributed by atoms with E-state index in [2.05, 4.69) is 15.5 Å². The molecule has 0 saturated carbocycles. The molecule has 0 atom stereocenters. The number of nitrogens with zero attached hydrogens (tertiary/aromatic N) is 2. The Morgan fingerprint density at radius 1 is 1.35 bits per heavy atom. The summed E-state index contributed by atoms with van der Waals surface area (Å²) in [5.74, 6) is 1.07. The van der Waals surface area contributed by atoms with Crippen LogP contribution in [0.1, 0.15) is 20.3 Å². The summed E-state index contributed by atoms with van der Waals surface area (Å²) in [6.07, 6.45) is 0.409. The lowest BCUT2D eigenvalue weighted by Gasteiger charge is -2.04. The molecule has 0 aliphatic rings. The first-order valence-electron chi connectivity index (χ1n) is 6.37. The zero-order valence-corrected chi connectivity index (χ0v) is 11.7. The number of para-hydroxylation sites is 1. The van der Waals surface area contributed by atoms with Crippen LogP contribution >= 0.6 is 0 Å². The molecule has 2 rings (SSSR count). The summed E-state index contributed by atoms with van der Waals surface area (Å²) in [6, 6.07) is 7.41. The fourth-order valence-corrected chi connectivity index (χ4v) is 1.74. The van der Waals surface area contributed by atoms with Crippen molar-refractivity contribution in [3.05, 3.63) is 24.3 Å². The molecule has 20 heavy (non-hydrogen) atoms. The summed E-state index contributed by atoms with van der Waals surface area (Å²) in [4.78, 5) is 11.6. The minimum atomic E-state index is -0.143. The van der Waals surface area contributed by atoms with Crippen LogP contribution < -0.4 is 10.1 Å². The van der Waals surface area contributed by atoms with Crippen LogP contribution in [0.3, 0.4) is 0 Å². The minimum absolute atomic E-state index is 0.0940. The lowest BCUT2D eigenvalue weighted by Crippen LogP contribution is -2.13. The molecular weight excluding hydrogens is 258 g/mol. The van der Waals surface area contributed by atoms with Gasteiger partial charge in [0.15, 0.2) is 0 Å². The highest BCUT2D eigenvalue weighted by molar-refractivity contribution is 5.88. The molecule has 2 aromatic rings. The fourth-order valence-electron chi connectivity index (χ4n) is 1.74. The first kappa shape index (κ1) is 14.0. The molecule has 1 N–H and O–H groups in total. The normalized spacial score (nSPS) is 10.6. The standard InChI is InChI=1S/C14H17N3O3/c1-9(2)8-12(18)15-14-17-16-13(20-14)10-6-4-5-7-11(10)19-3/h4-7,9H,8H2,1-3H3,(H,15,17,18). The number of rotatable bonds is 5. The number of hydrogen-bond acceptors (Lipinski definition) is 5. The van der Waals surface area contributed by atoms with Gasteiger partial charge in [0.2, 0.25) is 5.91 Å². The summed E-state index contributed by atoms with van der Waals surface area (Å²) >= 11 is 0. The summed E-state index contributed by atoms with van der Waals surface area (Å²) in [5.41, 5.74) is 0.687. The maximum Gasteiger partial charge on any atom is 0.322 e. The molecule has 0 spiro atoms.